The van der Waals surface area contributed by atoms with Crippen molar-refractivity contribution in [2.24, 2.45) is 0 Å². The number of hydrogen-bond donors (Lipinski definition) is 1. The number of ether oxygens (including phenoxy) is 1. The second-order valence-electron chi connectivity index (χ2n) is 2.94. The molecule has 1 aliphatic carbocycles. The molecule has 0 atom stereocenters. The van der Waals surface area contributed by atoms with Crippen LogP contribution in [-0.4, -0.2) is 19.4 Å². The van der Waals surface area contributed by atoms with Gasteiger partial charge < -0.3 is 4.74 Å². The molecule has 2 nitrogen and oxygen atoms in total. The van der Waals surface area contributed by atoms with E-state index in [9.17, 15) is 0 Å². The zero-order valence-corrected chi connectivity index (χ0v) is 6.94. The Morgan fingerprint density at radius 2 is 2.00 bits per heavy atom. The van der Waals surface area contributed by atoms with Gasteiger partial charge in [0.25, 0.3) is 0 Å². The van der Waals surface area contributed by atoms with E-state index in [2.05, 4.69) is 12.2 Å². The van der Waals surface area contributed by atoms with Crippen LogP contribution in [-0.2, 0) is 4.74 Å². The smallest absolute Gasteiger partial charge is 0.118 e. The number of hydrogen-bond acceptors (Lipinski definition) is 2. The summed E-state index contributed by atoms with van der Waals surface area (Å²) in [7, 11) is 1.80. The van der Waals surface area contributed by atoms with Crippen LogP contribution in [0.3, 0.4) is 0 Å². The molecule has 0 aromatic heterocycles. The molecule has 0 aromatic rings. The molecule has 10 heavy (non-hydrogen) atoms. The van der Waals surface area contributed by atoms with Crippen LogP contribution >= 0.6 is 0 Å². The summed E-state index contributed by atoms with van der Waals surface area (Å²) in [6, 6.07) is 0. The van der Waals surface area contributed by atoms with Gasteiger partial charge in [-0.2, -0.15) is 0 Å². The van der Waals surface area contributed by atoms with Crippen molar-refractivity contribution in [2.45, 2.75) is 38.3 Å². The first kappa shape index (κ1) is 8.02. The van der Waals surface area contributed by atoms with Gasteiger partial charge in [-0.05, 0) is 32.2 Å². The van der Waals surface area contributed by atoms with Crippen LogP contribution in [0.4, 0.5) is 0 Å². The van der Waals surface area contributed by atoms with Crippen LogP contribution in [0.25, 0.3) is 0 Å². The highest BCUT2D eigenvalue weighted by atomic mass is 16.5. The molecule has 0 heterocycles. The van der Waals surface area contributed by atoms with Gasteiger partial charge in [0, 0.05) is 7.11 Å². The van der Waals surface area contributed by atoms with Crippen LogP contribution in [0.15, 0.2) is 0 Å². The highest BCUT2D eigenvalue weighted by Gasteiger charge is 2.31. The van der Waals surface area contributed by atoms with Gasteiger partial charge in [-0.3, -0.25) is 5.32 Å². The normalized spacial score (nSPS) is 23.4. The minimum atomic E-state index is 0.0365. The maximum absolute atomic E-state index is 5.43. The fourth-order valence-corrected chi connectivity index (χ4v) is 1.72. The lowest BCUT2D eigenvalue weighted by Gasteiger charge is -2.27. The molecule has 0 unspecified atom stereocenters. The van der Waals surface area contributed by atoms with Gasteiger partial charge in [0.15, 0.2) is 0 Å². The molecule has 60 valence electrons. The standard InChI is InChI=1S/C8H17NO/c1-3-9-8(10-2)6-4-5-7-8/h9H,3-7H2,1-2H3. The van der Waals surface area contributed by atoms with Crippen molar-refractivity contribution in [2.75, 3.05) is 13.7 Å². The second kappa shape index (κ2) is 3.35. The quantitative estimate of drug-likeness (QED) is 0.605. The SMILES string of the molecule is CCNC1(OC)CCCC1. The Hall–Kier alpha value is -0.0800. The average molecular weight is 143 g/mol. The van der Waals surface area contributed by atoms with Crippen LogP contribution in [0, 0.1) is 0 Å². The fraction of sp³-hybridized carbons (Fsp3) is 1.00. The monoisotopic (exact) mass is 143 g/mol. The van der Waals surface area contributed by atoms with Crippen LogP contribution in [0.2, 0.25) is 0 Å². The first-order chi connectivity index (χ1) is 4.83. The van der Waals surface area contributed by atoms with Gasteiger partial charge in [-0.15, -0.1) is 0 Å². The van der Waals surface area contributed by atoms with Gasteiger partial charge in [-0.25, -0.2) is 0 Å². The van der Waals surface area contributed by atoms with E-state index < -0.39 is 0 Å². The molecule has 0 bridgehead atoms. The maximum atomic E-state index is 5.43. The lowest BCUT2D eigenvalue weighted by atomic mass is 10.2. The van der Waals surface area contributed by atoms with Gasteiger partial charge in [0.2, 0.25) is 0 Å². The minimum Gasteiger partial charge on any atom is -0.364 e. The van der Waals surface area contributed by atoms with E-state index >= 15 is 0 Å². The average Bonchev–Trinajstić information content (AvgIpc) is 2.39. The van der Waals surface area contributed by atoms with E-state index in [1.54, 1.807) is 7.11 Å². The predicted molar refractivity (Wildman–Crippen MR) is 41.9 cm³/mol. The van der Waals surface area contributed by atoms with E-state index in [1.165, 1.54) is 25.7 Å². The van der Waals surface area contributed by atoms with Gasteiger partial charge in [0.05, 0.1) is 0 Å². The van der Waals surface area contributed by atoms with Crippen molar-refractivity contribution in [3.63, 3.8) is 0 Å². The Labute approximate surface area is 63.0 Å². The first-order valence-corrected chi connectivity index (χ1v) is 4.13. The molecule has 0 amide bonds. The van der Waals surface area contributed by atoms with Crippen molar-refractivity contribution >= 4 is 0 Å². The molecule has 0 radical (unpaired) electrons. The minimum absolute atomic E-state index is 0.0365. The lowest BCUT2D eigenvalue weighted by Crippen LogP contribution is -2.44. The Kier molecular flexibility index (Phi) is 2.69. The molecule has 1 N–H and O–H groups in total. The highest BCUT2D eigenvalue weighted by Crippen LogP contribution is 2.29. The predicted octanol–water partition coefficient (Wildman–Crippen LogP) is 1.51. The molecule has 1 saturated carbocycles. The number of nitrogens with one attached hydrogen (secondary N) is 1. The van der Waals surface area contributed by atoms with E-state index in [-0.39, 0.29) is 5.72 Å². The molecule has 0 aliphatic heterocycles. The molecule has 0 saturated heterocycles. The third-order valence-electron chi connectivity index (χ3n) is 2.30. The molecule has 1 aliphatic rings. The van der Waals surface area contributed by atoms with Crippen molar-refractivity contribution in [3.05, 3.63) is 0 Å². The van der Waals surface area contributed by atoms with E-state index in [0.717, 1.165) is 6.54 Å². The Morgan fingerprint density at radius 3 is 2.40 bits per heavy atom. The van der Waals surface area contributed by atoms with Crippen molar-refractivity contribution in [1.82, 2.24) is 5.32 Å². The van der Waals surface area contributed by atoms with Crippen molar-refractivity contribution in [1.29, 1.82) is 0 Å². The molecule has 1 rings (SSSR count). The first-order valence-electron chi connectivity index (χ1n) is 4.13. The van der Waals surface area contributed by atoms with E-state index in [4.69, 9.17) is 4.74 Å². The van der Waals surface area contributed by atoms with Crippen molar-refractivity contribution in [3.8, 4) is 0 Å². The highest BCUT2D eigenvalue weighted by molar-refractivity contribution is 4.82. The third-order valence-corrected chi connectivity index (χ3v) is 2.30. The molecule has 1 fully saturated rings. The molecular weight excluding hydrogens is 126 g/mol. The Bertz CT molecular complexity index is 97.4. The topological polar surface area (TPSA) is 21.3 Å². The lowest BCUT2D eigenvalue weighted by molar-refractivity contribution is -0.0319. The molecule has 0 aromatic carbocycles. The van der Waals surface area contributed by atoms with E-state index in [0.29, 0.717) is 0 Å². The summed E-state index contributed by atoms with van der Waals surface area (Å²) < 4.78 is 5.43. The van der Waals surface area contributed by atoms with Crippen molar-refractivity contribution < 1.29 is 4.74 Å². The summed E-state index contributed by atoms with van der Waals surface area (Å²) in [6.07, 6.45) is 4.97. The fourth-order valence-electron chi connectivity index (χ4n) is 1.72. The summed E-state index contributed by atoms with van der Waals surface area (Å²) >= 11 is 0. The molecule has 0 spiro atoms. The largest absolute Gasteiger partial charge is 0.364 e. The summed E-state index contributed by atoms with van der Waals surface area (Å²) in [6.45, 7) is 3.13. The third kappa shape index (κ3) is 1.50. The number of methoxy groups -OCH3 is 1. The molecular formula is C8H17NO. The Balaban J connectivity index is 2.41. The summed E-state index contributed by atoms with van der Waals surface area (Å²) in [4.78, 5) is 0. The summed E-state index contributed by atoms with van der Waals surface area (Å²) in [5.74, 6) is 0. The van der Waals surface area contributed by atoms with Crippen LogP contribution in [0.1, 0.15) is 32.6 Å². The van der Waals surface area contributed by atoms with Gasteiger partial charge >= 0.3 is 0 Å². The summed E-state index contributed by atoms with van der Waals surface area (Å²) in [5.41, 5.74) is 0.0365. The zero-order chi connectivity index (χ0) is 7.45. The second-order valence-corrected chi connectivity index (χ2v) is 2.94. The maximum Gasteiger partial charge on any atom is 0.118 e. The Morgan fingerprint density at radius 1 is 1.40 bits per heavy atom. The van der Waals surface area contributed by atoms with Gasteiger partial charge in [-0.1, -0.05) is 6.92 Å². The van der Waals surface area contributed by atoms with Gasteiger partial charge in [0.1, 0.15) is 5.72 Å². The van der Waals surface area contributed by atoms with E-state index in [1.807, 2.05) is 0 Å². The van der Waals surface area contributed by atoms with Crippen LogP contribution < -0.4 is 5.32 Å². The zero-order valence-electron chi connectivity index (χ0n) is 6.94. The summed E-state index contributed by atoms with van der Waals surface area (Å²) in [5, 5.41) is 3.39. The molecule has 2 heteroatoms. The number of rotatable bonds is 3. The van der Waals surface area contributed by atoms with Crippen LogP contribution in [0.5, 0.6) is 0 Å².